The fraction of sp³-hybridized carbons (Fsp3) is 0.182. The van der Waals surface area contributed by atoms with Gasteiger partial charge in [0.15, 0.2) is 11.5 Å². The molecule has 0 bridgehead atoms. The topological polar surface area (TPSA) is 198 Å². The van der Waals surface area contributed by atoms with Gasteiger partial charge in [0, 0.05) is 44.4 Å². The van der Waals surface area contributed by atoms with Crippen molar-refractivity contribution in [3.8, 4) is 11.5 Å². The number of nitrogens with zero attached hydrogens (tertiary/aromatic N) is 2. The number of benzene rings is 2. The van der Waals surface area contributed by atoms with E-state index in [0.29, 0.717) is 20.3 Å². The van der Waals surface area contributed by atoms with Crippen LogP contribution in [0.3, 0.4) is 0 Å². The number of hydrogen-bond donors (Lipinski definition) is 1. The van der Waals surface area contributed by atoms with Crippen LogP contribution < -0.4 is 28.3 Å². The number of thiophene rings is 2. The Bertz CT molecular complexity index is 1480. The van der Waals surface area contributed by atoms with Crippen LogP contribution in [0.1, 0.15) is 26.8 Å². The molecule has 4 rings (SSSR count). The molecule has 0 aliphatic heterocycles. The standard InChI is InChI=1S/C11H9NO5S.C10H7NO5S.CH4.Li.H2O/c1-16-8-5-9-6(3-7(8)12(14)15)4-10(18-9)11(13)17-2;1-16-7-4-8-5(2-6(7)11(14)15)3-9(17-8)10(12)13;;;/h3-5H,1-2H3;2-4H,1H3,(H,12,13);1H4;;1H2/q;;;+1;/p-1. The van der Waals surface area contributed by atoms with Crippen LogP contribution >= 0.6 is 22.7 Å². The van der Waals surface area contributed by atoms with E-state index in [1.54, 1.807) is 12.1 Å². The van der Waals surface area contributed by atoms with Crippen molar-refractivity contribution in [2.24, 2.45) is 0 Å². The summed E-state index contributed by atoms with van der Waals surface area (Å²) in [5, 5.41) is 31.6. The van der Waals surface area contributed by atoms with Gasteiger partial charge < -0.3 is 24.8 Å². The van der Waals surface area contributed by atoms with E-state index in [4.69, 9.17) is 14.6 Å². The Labute approximate surface area is 235 Å². The first kappa shape index (κ1) is 34.3. The summed E-state index contributed by atoms with van der Waals surface area (Å²) in [6.45, 7) is 0. The van der Waals surface area contributed by atoms with Gasteiger partial charge in [0.1, 0.15) is 9.75 Å². The van der Waals surface area contributed by atoms with Crippen molar-refractivity contribution in [1.82, 2.24) is 0 Å². The molecule has 0 saturated heterocycles. The Balaban J connectivity index is 0.000000669. The van der Waals surface area contributed by atoms with Gasteiger partial charge in [-0.3, -0.25) is 20.2 Å². The van der Waals surface area contributed by atoms with E-state index in [2.05, 4.69) is 4.74 Å². The number of carboxylic acids is 1. The Morgan fingerprint density at radius 2 is 1.18 bits per heavy atom. The number of aromatic carboxylic acids is 1. The minimum Gasteiger partial charge on any atom is -0.870 e. The molecule has 16 heteroatoms. The van der Waals surface area contributed by atoms with Gasteiger partial charge in [-0.25, -0.2) is 9.59 Å². The monoisotopic (exact) mass is 560 g/mol. The van der Waals surface area contributed by atoms with E-state index in [-0.39, 0.29) is 59.5 Å². The molecular weight excluding hydrogens is 539 g/mol. The molecule has 0 radical (unpaired) electrons. The summed E-state index contributed by atoms with van der Waals surface area (Å²) in [7, 11) is 3.98. The van der Waals surface area contributed by atoms with Crippen molar-refractivity contribution in [3.63, 3.8) is 0 Å². The summed E-state index contributed by atoms with van der Waals surface area (Å²) < 4.78 is 15.8. The van der Waals surface area contributed by atoms with Crippen LogP contribution in [0.2, 0.25) is 0 Å². The number of nitro groups is 2. The summed E-state index contributed by atoms with van der Waals surface area (Å²) in [6, 6.07) is 8.70. The fourth-order valence-electron chi connectivity index (χ4n) is 3.03. The van der Waals surface area contributed by atoms with Gasteiger partial charge >= 0.3 is 42.2 Å². The van der Waals surface area contributed by atoms with E-state index in [1.807, 2.05) is 0 Å². The molecule has 2 aromatic carbocycles. The molecule has 4 aromatic rings. The van der Waals surface area contributed by atoms with Gasteiger partial charge in [0.2, 0.25) is 0 Å². The van der Waals surface area contributed by atoms with Crippen LogP contribution in [0.25, 0.3) is 20.2 Å². The predicted octanol–water partition coefficient (Wildman–Crippen LogP) is 2.58. The molecule has 0 atom stereocenters. The Kier molecular flexibility index (Phi) is 12.9. The van der Waals surface area contributed by atoms with E-state index in [1.165, 1.54) is 56.9 Å². The first-order valence-corrected chi connectivity index (χ1v) is 11.1. The maximum absolute atomic E-state index is 11.4. The minimum atomic E-state index is -1.05. The number of carbonyl (C=O) groups excluding carboxylic acids is 1. The van der Waals surface area contributed by atoms with Crippen LogP contribution in [0.5, 0.6) is 11.5 Å². The predicted molar refractivity (Wildman–Crippen MR) is 137 cm³/mol. The molecule has 38 heavy (non-hydrogen) atoms. The minimum absolute atomic E-state index is 0. The normalized spacial score (nSPS) is 9.55. The van der Waals surface area contributed by atoms with Crippen molar-refractivity contribution in [1.29, 1.82) is 0 Å². The van der Waals surface area contributed by atoms with Crippen LogP contribution in [0.4, 0.5) is 11.4 Å². The van der Waals surface area contributed by atoms with Gasteiger partial charge in [-0.05, 0) is 12.1 Å². The largest absolute Gasteiger partial charge is 1.00 e. The molecule has 0 unspecified atom stereocenters. The smallest absolute Gasteiger partial charge is 0.870 e. The van der Waals surface area contributed by atoms with Gasteiger partial charge in [-0.2, -0.15) is 0 Å². The quantitative estimate of drug-likeness (QED) is 0.157. The van der Waals surface area contributed by atoms with Crippen molar-refractivity contribution < 1.29 is 63.1 Å². The number of hydrogen-bond acceptors (Lipinski definition) is 12. The summed E-state index contributed by atoms with van der Waals surface area (Å²) in [5.41, 5.74) is -0.297. The number of fused-ring (bicyclic) bond motifs is 2. The zero-order valence-electron chi connectivity index (χ0n) is 19.7. The number of carbonyl (C=O) groups is 2. The van der Waals surface area contributed by atoms with E-state index >= 15 is 0 Å². The first-order valence-electron chi connectivity index (χ1n) is 9.43. The Morgan fingerprint density at radius 1 is 0.789 bits per heavy atom. The number of ether oxygens (including phenoxy) is 3. The molecule has 2 aromatic heterocycles. The maximum atomic E-state index is 11.4. The third kappa shape index (κ3) is 7.18. The van der Waals surface area contributed by atoms with Crippen molar-refractivity contribution >= 4 is 66.2 Å². The van der Waals surface area contributed by atoms with E-state index in [0.717, 1.165) is 16.0 Å². The first-order chi connectivity index (χ1) is 16.6. The molecule has 0 aliphatic rings. The van der Waals surface area contributed by atoms with Crippen LogP contribution in [-0.4, -0.2) is 53.7 Å². The number of methoxy groups -OCH3 is 3. The number of carboxylic acid groups (broad SMARTS) is 1. The van der Waals surface area contributed by atoms with Crippen LogP contribution in [0.15, 0.2) is 36.4 Å². The molecule has 13 nitrogen and oxygen atoms in total. The fourth-order valence-corrected chi connectivity index (χ4v) is 4.93. The molecule has 0 fully saturated rings. The molecule has 198 valence electrons. The van der Waals surface area contributed by atoms with E-state index < -0.39 is 21.8 Å². The van der Waals surface area contributed by atoms with Crippen molar-refractivity contribution in [2.45, 2.75) is 7.43 Å². The Morgan fingerprint density at radius 3 is 1.53 bits per heavy atom. The third-order valence-corrected chi connectivity index (χ3v) is 6.79. The second-order valence-electron chi connectivity index (χ2n) is 6.66. The maximum Gasteiger partial charge on any atom is 1.00 e. The summed E-state index contributed by atoms with van der Waals surface area (Å²) in [4.78, 5) is 43.3. The molecule has 0 aliphatic carbocycles. The Hall–Kier alpha value is -3.74. The molecule has 0 spiro atoms. The third-order valence-electron chi connectivity index (χ3n) is 4.63. The van der Waals surface area contributed by atoms with Gasteiger partial charge in [0.05, 0.1) is 31.2 Å². The zero-order valence-corrected chi connectivity index (χ0v) is 21.4. The molecular formula is C22H21LiN2O11S2. The molecule has 0 amide bonds. The second-order valence-corrected chi connectivity index (χ2v) is 8.82. The van der Waals surface area contributed by atoms with Gasteiger partial charge in [0.25, 0.3) is 0 Å². The number of esters is 1. The van der Waals surface area contributed by atoms with Crippen LogP contribution in [0, 0.1) is 20.2 Å². The summed E-state index contributed by atoms with van der Waals surface area (Å²) in [6.07, 6.45) is 0. The average molecular weight is 560 g/mol. The zero-order chi connectivity index (χ0) is 25.9. The molecule has 2 heterocycles. The van der Waals surface area contributed by atoms with Crippen molar-refractivity contribution in [2.75, 3.05) is 21.3 Å². The van der Waals surface area contributed by atoms with Crippen LogP contribution in [-0.2, 0) is 4.74 Å². The second kappa shape index (κ2) is 14.3. The summed E-state index contributed by atoms with van der Waals surface area (Å²) in [5.74, 6) is -1.21. The summed E-state index contributed by atoms with van der Waals surface area (Å²) >= 11 is 2.26. The average Bonchev–Trinajstić information content (AvgIpc) is 3.45. The molecule has 0 saturated carbocycles. The van der Waals surface area contributed by atoms with Crippen molar-refractivity contribution in [3.05, 3.63) is 66.4 Å². The molecule has 2 N–H and O–H groups in total. The number of nitro benzene ring substituents is 2. The van der Waals surface area contributed by atoms with Gasteiger partial charge in [-0.1, -0.05) is 7.43 Å². The van der Waals surface area contributed by atoms with E-state index in [9.17, 15) is 29.8 Å². The van der Waals surface area contributed by atoms with Gasteiger partial charge in [-0.15, -0.1) is 22.7 Å². The SMILES string of the molecule is C.COC(=O)c1cc2cc([N+](=O)[O-])c(OC)cc2s1.COc1cc2sc(C(=O)O)cc2cc1[N+](=O)[O-].[Li+].[OH-]. The number of rotatable bonds is 6.